The van der Waals surface area contributed by atoms with Crippen LogP contribution in [0.2, 0.25) is 0 Å². The van der Waals surface area contributed by atoms with E-state index in [0.717, 1.165) is 0 Å². The minimum Gasteiger partial charge on any atom is -0.437 e. The van der Waals surface area contributed by atoms with Gasteiger partial charge in [0.15, 0.2) is 5.56 Å². The first-order valence-electron chi connectivity index (χ1n) is 4.28. The molecule has 3 N–H and O–H groups in total. The highest BCUT2D eigenvalue weighted by Crippen LogP contribution is 2.25. The number of nitrogens with one attached hydrogen (secondary N) is 1. The van der Waals surface area contributed by atoms with Gasteiger partial charge in [0.1, 0.15) is 17.6 Å². The molecular weight excluding hydrogens is 192 g/mol. The third-order valence-electron chi connectivity index (χ3n) is 1.83. The molecule has 0 aliphatic carbocycles. The van der Waals surface area contributed by atoms with E-state index in [9.17, 15) is 0 Å². The number of para-hydroxylation sites is 1. The number of benzene rings is 1. The summed E-state index contributed by atoms with van der Waals surface area (Å²) in [5.41, 5.74) is 5.71. The van der Waals surface area contributed by atoms with Crippen LogP contribution in [0.15, 0.2) is 30.3 Å². The van der Waals surface area contributed by atoms with Crippen LogP contribution < -0.4 is 10.5 Å². The Morgan fingerprint density at radius 3 is 2.73 bits per heavy atom. The van der Waals surface area contributed by atoms with Crippen molar-refractivity contribution in [1.82, 2.24) is 10.2 Å². The lowest BCUT2D eigenvalue weighted by Gasteiger charge is -2.00. The second kappa shape index (κ2) is 3.72. The van der Waals surface area contributed by atoms with Gasteiger partial charge in [-0.25, -0.2) is 0 Å². The minimum absolute atomic E-state index is 0.196. The largest absolute Gasteiger partial charge is 0.437 e. The number of nitriles is 1. The Balaban J connectivity index is 2.30. The van der Waals surface area contributed by atoms with Crippen LogP contribution in [-0.4, -0.2) is 10.2 Å². The first-order valence-corrected chi connectivity index (χ1v) is 4.28. The van der Waals surface area contributed by atoms with Gasteiger partial charge in [-0.05, 0) is 12.1 Å². The first-order chi connectivity index (χ1) is 7.31. The molecule has 2 rings (SSSR count). The number of hydrogen-bond donors (Lipinski definition) is 2. The van der Waals surface area contributed by atoms with Gasteiger partial charge >= 0.3 is 0 Å². The smallest absolute Gasteiger partial charge is 0.258 e. The van der Waals surface area contributed by atoms with E-state index in [0.29, 0.717) is 5.75 Å². The fourth-order valence-corrected chi connectivity index (χ4v) is 1.12. The zero-order valence-electron chi connectivity index (χ0n) is 7.77. The van der Waals surface area contributed by atoms with Gasteiger partial charge in [0.2, 0.25) is 0 Å². The molecule has 0 spiro atoms. The molecule has 5 nitrogen and oxygen atoms in total. The molecule has 1 heterocycles. The number of aromatic amines is 1. The van der Waals surface area contributed by atoms with Gasteiger partial charge in [0.05, 0.1) is 0 Å². The van der Waals surface area contributed by atoms with E-state index >= 15 is 0 Å². The molecular formula is C10H8N4O. The molecule has 15 heavy (non-hydrogen) atoms. The maximum Gasteiger partial charge on any atom is 0.258 e. The third-order valence-corrected chi connectivity index (χ3v) is 1.83. The van der Waals surface area contributed by atoms with Crippen LogP contribution >= 0.6 is 0 Å². The highest BCUT2D eigenvalue weighted by molar-refractivity contribution is 5.54. The molecule has 1 aromatic carbocycles. The number of rotatable bonds is 2. The zero-order chi connectivity index (χ0) is 10.7. The standard InChI is InChI=1S/C10H8N4O/c11-6-8-9(12)13-14-10(8)15-7-4-2-1-3-5-7/h1-5H,(H3,12,13,14). The number of H-pyrrole nitrogens is 1. The van der Waals surface area contributed by atoms with Gasteiger partial charge in [-0.3, -0.25) is 5.10 Å². The molecule has 0 bridgehead atoms. The molecule has 0 saturated carbocycles. The van der Waals surface area contributed by atoms with Crippen molar-refractivity contribution in [2.24, 2.45) is 0 Å². The van der Waals surface area contributed by atoms with E-state index in [2.05, 4.69) is 10.2 Å². The summed E-state index contributed by atoms with van der Waals surface area (Å²) in [7, 11) is 0. The number of nitrogen functional groups attached to an aromatic ring is 1. The highest BCUT2D eigenvalue weighted by Gasteiger charge is 2.11. The number of anilines is 1. The van der Waals surface area contributed by atoms with Crippen LogP contribution in [0.5, 0.6) is 11.6 Å². The molecule has 74 valence electrons. The Labute approximate surface area is 86.1 Å². The summed E-state index contributed by atoms with van der Waals surface area (Å²) in [5, 5.41) is 15.1. The van der Waals surface area contributed by atoms with Crippen molar-refractivity contribution < 1.29 is 4.74 Å². The monoisotopic (exact) mass is 200 g/mol. The van der Waals surface area contributed by atoms with Gasteiger partial charge in [-0.2, -0.15) is 5.26 Å². The van der Waals surface area contributed by atoms with Crippen LogP contribution in [0.25, 0.3) is 0 Å². The fourth-order valence-electron chi connectivity index (χ4n) is 1.12. The highest BCUT2D eigenvalue weighted by atomic mass is 16.5. The van der Waals surface area contributed by atoms with Crippen molar-refractivity contribution in [3.63, 3.8) is 0 Å². The maximum absolute atomic E-state index is 8.80. The molecule has 0 amide bonds. The maximum atomic E-state index is 8.80. The van der Waals surface area contributed by atoms with Gasteiger partial charge in [0, 0.05) is 0 Å². The van der Waals surface area contributed by atoms with Crippen molar-refractivity contribution >= 4 is 5.82 Å². The van der Waals surface area contributed by atoms with Crippen LogP contribution in [0, 0.1) is 11.3 Å². The Morgan fingerprint density at radius 1 is 1.33 bits per heavy atom. The van der Waals surface area contributed by atoms with E-state index in [1.165, 1.54) is 0 Å². The average Bonchev–Trinajstić information content (AvgIpc) is 2.61. The number of nitrogens with zero attached hydrogens (tertiary/aromatic N) is 2. The topological polar surface area (TPSA) is 87.7 Å². The molecule has 0 atom stereocenters. The van der Waals surface area contributed by atoms with Gasteiger partial charge < -0.3 is 10.5 Å². The van der Waals surface area contributed by atoms with E-state index < -0.39 is 0 Å². The zero-order valence-corrected chi connectivity index (χ0v) is 7.77. The summed E-state index contributed by atoms with van der Waals surface area (Å²) >= 11 is 0. The summed E-state index contributed by atoms with van der Waals surface area (Å²) in [6.07, 6.45) is 0. The molecule has 0 fully saturated rings. The SMILES string of the molecule is N#Cc1c(Oc2ccccc2)n[nH]c1N. The van der Waals surface area contributed by atoms with Gasteiger partial charge in [0.25, 0.3) is 5.88 Å². The second-order valence-electron chi connectivity index (χ2n) is 2.84. The number of nitrogens with two attached hydrogens (primary N) is 1. The second-order valence-corrected chi connectivity index (χ2v) is 2.84. The van der Waals surface area contributed by atoms with Gasteiger partial charge in [-0.1, -0.05) is 18.2 Å². The summed E-state index contributed by atoms with van der Waals surface area (Å²) in [6.45, 7) is 0. The molecule has 0 saturated heterocycles. The molecule has 0 aliphatic rings. The van der Waals surface area contributed by atoms with E-state index in [1.807, 2.05) is 24.3 Å². The van der Waals surface area contributed by atoms with Crippen molar-refractivity contribution in [2.75, 3.05) is 5.73 Å². The Kier molecular flexibility index (Phi) is 2.25. The predicted octanol–water partition coefficient (Wildman–Crippen LogP) is 1.66. The Morgan fingerprint density at radius 2 is 2.07 bits per heavy atom. The van der Waals surface area contributed by atoms with Crippen molar-refractivity contribution in [1.29, 1.82) is 5.26 Å². The van der Waals surface area contributed by atoms with E-state index in [1.54, 1.807) is 12.1 Å². The van der Waals surface area contributed by atoms with E-state index in [-0.39, 0.29) is 17.3 Å². The molecule has 5 heteroatoms. The molecule has 2 aromatic rings. The van der Waals surface area contributed by atoms with Crippen molar-refractivity contribution in [2.45, 2.75) is 0 Å². The van der Waals surface area contributed by atoms with Crippen LogP contribution in [0.1, 0.15) is 5.56 Å². The normalized spacial score (nSPS) is 9.53. The quantitative estimate of drug-likeness (QED) is 0.771. The van der Waals surface area contributed by atoms with Crippen LogP contribution in [0.4, 0.5) is 5.82 Å². The van der Waals surface area contributed by atoms with Crippen molar-refractivity contribution in [3.05, 3.63) is 35.9 Å². The summed E-state index contributed by atoms with van der Waals surface area (Å²) in [4.78, 5) is 0. The summed E-state index contributed by atoms with van der Waals surface area (Å²) in [6, 6.07) is 11.0. The number of ether oxygens (including phenoxy) is 1. The number of aromatic nitrogens is 2. The first kappa shape index (κ1) is 9.09. The van der Waals surface area contributed by atoms with Crippen LogP contribution in [0.3, 0.4) is 0 Å². The third kappa shape index (κ3) is 1.74. The Bertz CT molecular complexity index is 498. The molecule has 0 aliphatic heterocycles. The fraction of sp³-hybridized carbons (Fsp3) is 0. The molecule has 1 aromatic heterocycles. The van der Waals surface area contributed by atoms with Gasteiger partial charge in [-0.15, -0.1) is 5.10 Å². The van der Waals surface area contributed by atoms with E-state index in [4.69, 9.17) is 15.7 Å². The van der Waals surface area contributed by atoms with Crippen molar-refractivity contribution in [3.8, 4) is 17.7 Å². The predicted molar refractivity (Wildman–Crippen MR) is 54.2 cm³/mol. The lowest BCUT2D eigenvalue weighted by atomic mass is 10.3. The lowest BCUT2D eigenvalue weighted by Crippen LogP contribution is -1.89. The minimum atomic E-state index is 0.196. The lowest BCUT2D eigenvalue weighted by molar-refractivity contribution is 0.460. The Hall–Kier alpha value is -2.48. The van der Waals surface area contributed by atoms with Crippen LogP contribution in [-0.2, 0) is 0 Å². The molecule has 0 unspecified atom stereocenters. The molecule has 0 radical (unpaired) electrons. The number of hydrogen-bond acceptors (Lipinski definition) is 4. The summed E-state index contributed by atoms with van der Waals surface area (Å²) in [5.74, 6) is 1.02. The average molecular weight is 200 g/mol. The summed E-state index contributed by atoms with van der Waals surface area (Å²) < 4.78 is 5.38.